The lowest BCUT2D eigenvalue weighted by atomic mass is 10.0. The van der Waals surface area contributed by atoms with Gasteiger partial charge < -0.3 is 15.7 Å². The molecule has 0 bridgehead atoms. The van der Waals surface area contributed by atoms with Gasteiger partial charge in [0.25, 0.3) is 0 Å². The van der Waals surface area contributed by atoms with Crippen LogP contribution in [0.5, 0.6) is 0 Å². The van der Waals surface area contributed by atoms with Crippen LogP contribution in [-0.4, -0.2) is 60.4 Å². The predicted octanol–water partition coefficient (Wildman–Crippen LogP) is -1.57. The highest BCUT2D eigenvalue weighted by molar-refractivity contribution is 7.92. The van der Waals surface area contributed by atoms with Crippen molar-refractivity contribution in [1.82, 2.24) is 4.90 Å². The number of carbonyl (C=O) groups is 2. The van der Waals surface area contributed by atoms with E-state index in [1.807, 2.05) is 0 Å². The topological polar surface area (TPSA) is 118 Å². The Kier molecular flexibility index (Phi) is 3.49. The van der Waals surface area contributed by atoms with E-state index >= 15 is 0 Å². The third kappa shape index (κ3) is 2.75. The van der Waals surface area contributed by atoms with Gasteiger partial charge in [-0.05, 0) is 13.3 Å². The molecule has 0 radical (unpaired) electrons. The zero-order valence-corrected chi connectivity index (χ0v) is 10.5. The summed E-state index contributed by atoms with van der Waals surface area (Å²) in [6, 6.07) is 0. The van der Waals surface area contributed by atoms with E-state index in [0.29, 0.717) is 0 Å². The normalized spacial score (nSPS) is 26.9. The highest BCUT2D eigenvalue weighted by Crippen LogP contribution is 2.20. The number of hydrogen-bond donors (Lipinski definition) is 2. The molecular weight excluding hydrogens is 248 g/mol. The van der Waals surface area contributed by atoms with E-state index < -0.39 is 32.5 Å². The maximum absolute atomic E-state index is 11.8. The molecule has 1 fully saturated rings. The van der Waals surface area contributed by atoms with Crippen molar-refractivity contribution < 1.29 is 23.1 Å². The van der Waals surface area contributed by atoms with E-state index in [1.165, 1.54) is 11.8 Å². The minimum absolute atomic E-state index is 0.130. The molecule has 0 saturated carbocycles. The first-order valence-corrected chi connectivity index (χ1v) is 7.03. The average Bonchev–Trinajstić information content (AvgIpc) is 2.59. The van der Waals surface area contributed by atoms with Gasteiger partial charge in [-0.25, -0.2) is 8.42 Å². The zero-order valence-electron chi connectivity index (χ0n) is 9.71. The molecule has 0 aromatic rings. The maximum atomic E-state index is 11.8. The van der Waals surface area contributed by atoms with Gasteiger partial charge in [-0.1, -0.05) is 0 Å². The number of nitrogens with two attached hydrogens (primary N) is 1. The molecule has 3 N–H and O–H groups in total. The van der Waals surface area contributed by atoms with Crippen molar-refractivity contribution in [1.29, 1.82) is 0 Å². The molecule has 1 aliphatic rings. The van der Waals surface area contributed by atoms with Gasteiger partial charge in [0.05, 0.1) is 0 Å². The van der Waals surface area contributed by atoms with Gasteiger partial charge >= 0.3 is 5.97 Å². The lowest BCUT2D eigenvalue weighted by molar-refractivity contribution is -0.143. The number of rotatable bonds is 3. The van der Waals surface area contributed by atoms with Crippen molar-refractivity contribution >= 4 is 21.7 Å². The first kappa shape index (κ1) is 13.9. The predicted molar refractivity (Wildman–Crippen MR) is 60.1 cm³/mol. The smallest absolute Gasteiger partial charge is 0.325 e. The number of aliphatic carboxylic acids is 1. The summed E-state index contributed by atoms with van der Waals surface area (Å²) in [4.78, 5) is 23.9. The number of hydrogen-bond acceptors (Lipinski definition) is 5. The molecule has 98 valence electrons. The minimum atomic E-state index is -3.48. The molecule has 1 aliphatic heterocycles. The number of carbonyl (C=O) groups excluding carboxylic acids is 1. The Bertz CT molecular complexity index is 446. The van der Waals surface area contributed by atoms with Gasteiger partial charge in [-0.3, -0.25) is 9.59 Å². The number of nitrogens with zero attached hydrogens (tertiary/aromatic N) is 1. The molecule has 2 atom stereocenters. The number of likely N-dealkylation sites (tertiary alicyclic amines) is 1. The number of carboxylic acids is 1. The minimum Gasteiger partial charge on any atom is -0.480 e. The summed E-state index contributed by atoms with van der Waals surface area (Å²) in [7, 11) is -3.48. The summed E-state index contributed by atoms with van der Waals surface area (Å²) in [6.45, 7) is 1.30. The molecule has 8 heteroatoms. The Morgan fingerprint density at radius 1 is 1.47 bits per heavy atom. The molecule has 1 heterocycles. The van der Waals surface area contributed by atoms with Crippen LogP contribution in [0.1, 0.15) is 13.3 Å². The Hall–Kier alpha value is -1.15. The molecular formula is C9H16N2O5S. The molecule has 0 spiro atoms. The van der Waals surface area contributed by atoms with Crippen LogP contribution in [0.3, 0.4) is 0 Å². The fourth-order valence-corrected chi connectivity index (χ4v) is 2.15. The summed E-state index contributed by atoms with van der Waals surface area (Å²) in [5.74, 6) is -1.78. The number of amides is 1. The summed E-state index contributed by atoms with van der Waals surface area (Å²) < 4.78 is 22.5. The van der Waals surface area contributed by atoms with Crippen LogP contribution < -0.4 is 5.73 Å². The van der Waals surface area contributed by atoms with Crippen LogP contribution in [0.2, 0.25) is 0 Å². The van der Waals surface area contributed by atoms with Crippen molar-refractivity contribution in [2.75, 3.05) is 19.3 Å². The Labute approximate surface area is 99.5 Å². The molecule has 1 amide bonds. The monoisotopic (exact) mass is 264 g/mol. The molecule has 2 unspecified atom stereocenters. The largest absolute Gasteiger partial charge is 0.480 e. The van der Waals surface area contributed by atoms with Crippen molar-refractivity contribution in [3.05, 3.63) is 0 Å². The molecule has 0 aliphatic carbocycles. The summed E-state index contributed by atoms with van der Waals surface area (Å²) in [6.07, 6.45) is 1.10. The molecule has 0 aromatic heterocycles. The fourth-order valence-electron chi connectivity index (χ4n) is 1.64. The second-order valence-electron chi connectivity index (χ2n) is 4.44. The van der Waals surface area contributed by atoms with Crippen LogP contribution in [0.15, 0.2) is 0 Å². The summed E-state index contributed by atoms with van der Waals surface area (Å²) in [5, 5.41) is 7.72. The summed E-state index contributed by atoms with van der Waals surface area (Å²) in [5.41, 5.74) is 4.13. The Morgan fingerprint density at radius 2 is 2.00 bits per heavy atom. The first-order valence-electron chi connectivity index (χ1n) is 5.08. The van der Waals surface area contributed by atoms with Crippen molar-refractivity contribution in [2.45, 2.75) is 24.1 Å². The highest BCUT2D eigenvalue weighted by Gasteiger charge is 2.44. The van der Waals surface area contributed by atoms with E-state index in [4.69, 9.17) is 10.8 Å². The molecule has 0 aromatic carbocycles. The summed E-state index contributed by atoms with van der Waals surface area (Å²) >= 11 is 0. The fraction of sp³-hybridized carbons (Fsp3) is 0.778. The van der Waals surface area contributed by atoms with E-state index in [9.17, 15) is 18.0 Å². The Morgan fingerprint density at radius 3 is 2.35 bits per heavy atom. The van der Waals surface area contributed by atoms with E-state index in [2.05, 4.69) is 0 Å². The van der Waals surface area contributed by atoms with Gasteiger partial charge in [-0.15, -0.1) is 0 Å². The van der Waals surface area contributed by atoms with E-state index in [-0.39, 0.29) is 19.5 Å². The van der Waals surface area contributed by atoms with Crippen LogP contribution >= 0.6 is 0 Å². The number of carboxylic acid groups (broad SMARTS) is 1. The molecule has 1 rings (SSSR count). The molecule has 1 saturated heterocycles. The van der Waals surface area contributed by atoms with Crippen LogP contribution in [-0.2, 0) is 19.4 Å². The zero-order chi connectivity index (χ0) is 13.4. The van der Waals surface area contributed by atoms with Crippen molar-refractivity contribution in [2.24, 2.45) is 5.73 Å². The second-order valence-corrected chi connectivity index (χ2v) is 6.81. The second kappa shape index (κ2) is 4.26. The standard InChI is InChI=1S/C9H16N2O5S/c1-6(17(2,15)16)7(12)11-4-3-9(10,5-11)8(13)14/h6H,3-5,10H2,1-2H3,(H,13,14). The van der Waals surface area contributed by atoms with Crippen LogP contribution in [0, 0.1) is 0 Å². The van der Waals surface area contributed by atoms with Gasteiger partial charge in [0.2, 0.25) is 5.91 Å². The van der Waals surface area contributed by atoms with Gasteiger partial charge in [-0.2, -0.15) is 0 Å². The maximum Gasteiger partial charge on any atom is 0.325 e. The van der Waals surface area contributed by atoms with Gasteiger partial charge in [0.1, 0.15) is 10.8 Å². The van der Waals surface area contributed by atoms with Gasteiger partial charge in [0, 0.05) is 19.3 Å². The average molecular weight is 264 g/mol. The highest BCUT2D eigenvalue weighted by atomic mass is 32.2. The molecule has 7 nitrogen and oxygen atoms in total. The first-order chi connectivity index (χ1) is 7.58. The lowest BCUT2D eigenvalue weighted by Gasteiger charge is -2.22. The van der Waals surface area contributed by atoms with E-state index in [0.717, 1.165) is 6.26 Å². The SMILES string of the molecule is CC(C(=O)N1CCC(N)(C(=O)O)C1)S(C)(=O)=O. The lowest BCUT2D eigenvalue weighted by Crippen LogP contribution is -2.51. The van der Waals surface area contributed by atoms with Gasteiger partial charge in [0.15, 0.2) is 9.84 Å². The quantitative estimate of drug-likeness (QED) is 0.636. The molecule has 17 heavy (non-hydrogen) atoms. The van der Waals surface area contributed by atoms with Crippen LogP contribution in [0.4, 0.5) is 0 Å². The van der Waals surface area contributed by atoms with E-state index in [1.54, 1.807) is 0 Å². The van der Waals surface area contributed by atoms with Crippen LogP contribution in [0.25, 0.3) is 0 Å². The third-order valence-corrected chi connectivity index (χ3v) is 4.51. The van der Waals surface area contributed by atoms with Crippen molar-refractivity contribution in [3.8, 4) is 0 Å². The Balaban J connectivity index is 2.80. The third-order valence-electron chi connectivity index (χ3n) is 3.03. The van der Waals surface area contributed by atoms with Crippen molar-refractivity contribution in [3.63, 3.8) is 0 Å². The number of sulfone groups is 1.